The molecule has 0 aliphatic carbocycles. The molecule has 1 aliphatic rings. The van der Waals surface area contributed by atoms with E-state index in [1.165, 1.54) is 12.1 Å². The smallest absolute Gasteiger partial charge is 0.159 e. The first-order valence-corrected chi connectivity index (χ1v) is 11.2. The Hall–Kier alpha value is -3.29. The van der Waals surface area contributed by atoms with Gasteiger partial charge in [0.15, 0.2) is 5.82 Å². The summed E-state index contributed by atoms with van der Waals surface area (Å²) in [5, 5.41) is 3.22. The van der Waals surface area contributed by atoms with Crippen molar-refractivity contribution in [1.82, 2.24) is 20.2 Å². The number of hydrogen-bond donors (Lipinski definition) is 1. The molecule has 3 aromatic rings. The number of hydrogen-bond acceptors (Lipinski definition) is 6. The lowest BCUT2D eigenvalue weighted by atomic mass is 10.1. The first kappa shape index (κ1) is 22.9. The van der Waals surface area contributed by atoms with Gasteiger partial charge in [0, 0.05) is 56.3 Å². The number of nitrogens with one attached hydrogen (secondary N) is 1. The van der Waals surface area contributed by atoms with E-state index in [9.17, 15) is 4.39 Å². The van der Waals surface area contributed by atoms with E-state index in [4.69, 9.17) is 9.47 Å². The minimum atomic E-state index is -0.239. The summed E-state index contributed by atoms with van der Waals surface area (Å²) in [5.41, 5.74) is 3.59. The minimum absolute atomic E-state index is 0.239. The number of benzene rings is 2. The zero-order chi connectivity index (χ0) is 22.9. The molecule has 1 N–H and O–H groups in total. The van der Waals surface area contributed by atoms with Crippen molar-refractivity contribution in [3.63, 3.8) is 0 Å². The normalized spacial score (nSPS) is 14.1. The summed E-state index contributed by atoms with van der Waals surface area (Å²) in [4.78, 5) is 11.3. The Kier molecular flexibility index (Phi) is 8.00. The largest absolute Gasteiger partial charge is 0.492 e. The van der Waals surface area contributed by atoms with Crippen LogP contribution < -0.4 is 10.1 Å². The number of halogens is 1. The second kappa shape index (κ2) is 11.5. The minimum Gasteiger partial charge on any atom is -0.492 e. The molecule has 0 saturated carbocycles. The van der Waals surface area contributed by atoms with Crippen molar-refractivity contribution in [1.29, 1.82) is 0 Å². The van der Waals surface area contributed by atoms with E-state index in [0.29, 0.717) is 25.4 Å². The maximum absolute atomic E-state index is 13.3. The standard InChI is InChI=1S/C26H29FN4O2/c1-20(28-17-21-3-2-4-24(27)16-21)15-22-18-29-26(30-19-22)23-5-7-25(8-6-23)33-14-11-31-9-12-32-13-10-31/h2-8,16,18-19,28H,1,9-15,17H2. The molecule has 172 valence electrons. The molecule has 1 aromatic heterocycles. The Morgan fingerprint density at radius 3 is 2.55 bits per heavy atom. The highest BCUT2D eigenvalue weighted by molar-refractivity contribution is 5.56. The van der Waals surface area contributed by atoms with E-state index < -0.39 is 0 Å². The lowest BCUT2D eigenvalue weighted by molar-refractivity contribution is 0.0322. The summed E-state index contributed by atoms with van der Waals surface area (Å²) in [6.07, 6.45) is 4.22. The van der Waals surface area contributed by atoms with Crippen LogP contribution in [0.2, 0.25) is 0 Å². The summed E-state index contributed by atoms with van der Waals surface area (Å²) in [7, 11) is 0. The molecule has 2 heterocycles. The van der Waals surface area contributed by atoms with E-state index in [0.717, 1.165) is 61.0 Å². The highest BCUT2D eigenvalue weighted by Gasteiger charge is 2.10. The van der Waals surface area contributed by atoms with Gasteiger partial charge in [0.1, 0.15) is 18.2 Å². The highest BCUT2D eigenvalue weighted by Crippen LogP contribution is 2.19. The van der Waals surface area contributed by atoms with Crippen LogP contribution in [0, 0.1) is 5.82 Å². The maximum Gasteiger partial charge on any atom is 0.159 e. The summed E-state index contributed by atoms with van der Waals surface area (Å²) in [6, 6.07) is 14.4. The fourth-order valence-corrected chi connectivity index (χ4v) is 3.60. The molecule has 0 spiro atoms. The van der Waals surface area contributed by atoms with Gasteiger partial charge in [-0.05, 0) is 47.5 Å². The molecule has 0 radical (unpaired) electrons. The van der Waals surface area contributed by atoms with Gasteiger partial charge in [-0.25, -0.2) is 14.4 Å². The number of allylic oxidation sites excluding steroid dienone is 1. The SMILES string of the molecule is C=C(Cc1cnc(-c2ccc(OCCN3CCOCC3)cc2)nc1)NCc1cccc(F)c1. The van der Waals surface area contributed by atoms with Gasteiger partial charge in [0.05, 0.1) is 13.2 Å². The van der Waals surface area contributed by atoms with Crippen LogP contribution in [0.5, 0.6) is 5.75 Å². The highest BCUT2D eigenvalue weighted by atomic mass is 19.1. The van der Waals surface area contributed by atoms with Gasteiger partial charge in [0.2, 0.25) is 0 Å². The van der Waals surface area contributed by atoms with Gasteiger partial charge in [-0.2, -0.15) is 0 Å². The number of ether oxygens (including phenoxy) is 2. The van der Waals surface area contributed by atoms with E-state index in [1.54, 1.807) is 6.07 Å². The molecule has 6 nitrogen and oxygen atoms in total. The van der Waals surface area contributed by atoms with Crippen LogP contribution in [-0.4, -0.2) is 54.3 Å². The van der Waals surface area contributed by atoms with Crippen LogP contribution in [0.4, 0.5) is 4.39 Å². The van der Waals surface area contributed by atoms with Gasteiger partial charge < -0.3 is 14.8 Å². The Balaban J connectivity index is 1.23. The first-order chi connectivity index (χ1) is 16.2. The third-order valence-electron chi connectivity index (χ3n) is 5.45. The topological polar surface area (TPSA) is 59.5 Å². The Bertz CT molecular complexity index is 1030. The quantitative estimate of drug-likeness (QED) is 0.509. The van der Waals surface area contributed by atoms with Crippen LogP contribution >= 0.6 is 0 Å². The van der Waals surface area contributed by atoms with Crippen LogP contribution in [0.3, 0.4) is 0 Å². The molecular formula is C26H29FN4O2. The zero-order valence-corrected chi connectivity index (χ0v) is 18.7. The molecule has 1 fully saturated rings. The Morgan fingerprint density at radius 2 is 1.82 bits per heavy atom. The summed E-state index contributed by atoms with van der Waals surface area (Å²) in [6.45, 7) is 9.65. The molecule has 1 aliphatic heterocycles. The molecule has 4 rings (SSSR count). The Labute approximate surface area is 194 Å². The van der Waals surface area contributed by atoms with Crippen molar-refractivity contribution in [3.8, 4) is 17.1 Å². The van der Waals surface area contributed by atoms with E-state index in [-0.39, 0.29) is 5.82 Å². The van der Waals surface area contributed by atoms with Gasteiger partial charge in [-0.15, -0.1) is 0 Å². The number of nitrogens with zero attached hydrogens (tertiary/aromatic N) is 3. The molecule has 0 bridgehead atoms. The van der Waals surface area contributed by atoms with Crippen molar-refractivity contribution in [2.24, 2.45) is 0 Å². The molecule has 0 atom stereocenters. The van der Waals surface area contributed by atoms with Crippen molar-refractivity contribution < 1.29 is 13.9 Å². The fraction of sp³-hybridized carbons (Fsp3) is 0.308. The van der Waals surface area contributed by atoms with Crippen LogP contribution in [0.1, 0.15) is 11.1 Å². The van der Waals surface area contributed by atoms with Crippen LogP contribution in [0.15, 0.2) is 73.2 Å². The number of aromatic nitrogens is 2. The molecule has 2 aromatic carbocycles. The van der Waals surface area contributed by atoms with E-state index >= 15 is 0 Å². The van der Waals surface area contributed by atoms with Gasteiger partial charge in [-0.3, -0.25) is 4.90 Å². The maximum atomic E-state index is 13.3. The average molecular weight is 449 g/mol. The van der Waals surface area contributed by atoms with Crippen LogP contribution in [-0.2, 0) is 17.7 Å². The Morgan fingerprint density at radius 1 is 1.06 bits per heavy atom. The summed E-state index contributed by atoms with van der Waals surface area (Å²) in [5.74, 6) is 1.26. The third-order valence-corrected chi connectivity index (χ3v) is 5.45. The lowest BCUT2D eigenvalue weighted by Crippen LogP contribution is -2.38. The molecule has 0 unspecified atom stereocenters. The van der Waals surface area contributed by atoms with Crippen molar-refractivity contribution >= 4 is 0 Å². The second-order valence-corrected chi connectivity index (χ2v) is 8.01. The van der Waals surface area contributed by atoms with Crippen molar-refractivity contribution in [3.05, 3.63) is 90.1 Å². The predicted molar refractivity (Wildman–Crippen MR) is 126 cm³/mol. The second-order valence-electron chi connectivity index (χ2n) is 8.01. The molecular weight excluding hydrogens is 419 g/mol. The fourth-order valence-electron chi connectivity index (χ4n) is 3.60. The number of morpholine rings is 1. The van der Waals surface area contributed by atoms with Gasteiger partial charge >= 0.3 is 0 Å². The van der Waals surface area contributed by atoms with Crippen LogP contribution in [0.25, 0.3) is 11.4 Å². The molecule has 33 heavy (non-hydrogen) atoms. The predicted octanol–water partition coefficient (Wildman–Crippen LogP) is 3.84. The molecule has 1 saturated heterocycles. The van der Waals surface area contributed by atoms with Gasteiger partial charge in [0.25, 0.3) is 0 Å². The summed E-state index contributed by atoms with van der Waals surface area (Å²) >= 11 is 0. The number of rotatable bonds is 10. The molecule has 7 heteroatoms. The van der Waals surface area contributed by atoms with Crippen molar-refractivity contribution in [2.75, 3.05) is 39.5 Å². The monoisotopic (exact) mass is 448 g/mol. The lowest BCUT2D eigenvalue weighted by Gasteiger charge is -2.26. The first-order valence-electron chi connectivity index (χ1n) is 11.2. The average Bonchev–Trinajstić information content (AvgIpc) is 2.85. The molecule has 0 amide bonds. The van der Waals surface area contributed by atoms with E-state index in [2.05, 4.69) is 26.8 Å². The third kappa shape index (κ3) is 7.10. The van der Waals surface area contributed by atoms with E-state index in [1.807, 2.05) is 42.7 Å². The van der Waals surface area contributed by atoms with Crippen molar-refractivity contribution in [2.45, 2.75) is 13.0 Å². The van der Waals surface area contributed by atoms with Gasteiger partial charge in [-0.1, -0.05) is 18.7 Å². The summed E-state index contributed by atoms with van der Waals surface area (Å²) < 4.78 is 24.5. The zero-order valence-electron chi connectivity index (χ0n) is 18.7.